The van der Waals surface area contributed by atoms with Crippen LogP contribution < -0.4 is 11.1 Å². The van der Waals surface area contributed by atoms with E-state index < -0.39 is 58.0 Å². The third-order valence-electron chi connectivity index (χ3n) is 8.67. The van der Waals surface area contributed by atoms with E-state index in [-0.39, 0.29) is 35.3 Å². The Morgan fingerprint density at radius 3 is 2.43 bits per heavy atom. The maximum atomic E-state index is 14.0. The van der Waals surface area contributed by atoms with Crippen molar-refractivity contribution in [1.82, 2.24) is 10.2 Å². The molecular formula is C32H37N3O7. The number of primary amides is 1. The van der Waals surface area contributed by atoms with Gasteiger partial charge in [-0.15, -0.1) is 0 Å². The highest BCUT2D eigenvalue weighted by Crippen LogP contribution is 2.53. The monoisotopic (exact) mass is 575 g/mol. The van der Waals surface area contributed by atoms with E-state index in [1.54, 1.807) is 20.2 Å². The molecule has 7 N–H and O–H groups in total. The van der Waals surface area contributed by atoms with Crippen LogP contribution in [-0.4, -0.2) is 74.1 Å². The van der Waals surface area contributed by atoms with E-state index in [1.807, 2.05) is 24.3 Å². The molecule has 0 fully saturated rings. The number of hydrogen-bond donors (Lipinski definition) is 6. The topological polar surface area (TPSA) is 173 Å². The number of nitrogens with one attached hydrogen (secondary N) is 1. The molecule has 0 aliphatic heterocycles. The molecule has 3 aliphatic carbocycles. The van der Waals surface area contributed by atoms with Gasteiger partial charge in [0, 0.05) is 23.6 Å². The van der Waals surface area contributed by atoms with Gasteiger partial charge in [0.15, 0.2) is 11.4 Å². The Balaban J connectivity index is 1.64. The highest BCUT2D eigenvalue weighted by molar-refractivity contribution is 6.24. The molecule has 0 aromatic heterocycles. The second kappa shape index (κ2) is 10.1. The minimum Gasteiger partial charge on any atom is -0.510 e. The molecule has 10 nitrogen and oxygen atoms in total. The van der Waals surface area contributed by atoms with Crippen molar-refractivity contribution in [3.63, 3.8) is 0 Å². The summed E-state index contributed by atoms with van der Waals surface area (Å²) in [5.41, 5.74) is 4.86. The molecule has 2 aromatic rings. The molecule has 5 rings (SSSR count). The van der Waals surface area contributed by atoms with Crippen LogP contribution in [0.2, 0.25) is 0 Å². The number of Topliss-reactive ketones (excluding diaryl/α,β-unsaturated/α-hetero) is 2. The van der Waals surface area contributed by atoms with E-state index in [2.05, 4.69) is 26.1 Å². The molecule has 1 amide bonds. The van der Waals surface area contributed by atoms with Crippen molar-refractivity contribution in [3.8, 4) is 16.9 Å². The van der Waals surface area contributed by atoms with Crippen LogP contribution in [0, 0.1) is 11.8 Å². The largest absolute Gasteiger partial charge is 0.510 e. The van der Waals surface area contributed by atoms with Crippen LogP contribution >= 0.6 is 0 Å². The zero-order valence-electron chi connectivity index (χ0n) is 24.4. The molecule has 10 heteroatoms. The summed E-state index contributed by atoms with van der Waals surface area (Å²) >= 11 is 0. The summed E-state index contributed by atoms with van der Waals surface area (Å²) in [6.07, 6.45) is 0.263. The molecule has 0 heterocycles. The van der Waals surface area contributed by atoms with Gasteiger partial charge in [0.1, 0.15) is 22.8 Å². The number of carbonyl (C=O) groups is 3. The van der Waals surface area contributed by atoms with Crippen LogP contribution in [0.4, 0.5) is 0 Å². The molecule has 3 aliphatic rings. The number of benzene rings is 2. The Kier molecular flexibility index (Phi) is 7.08. The van der Waals surface area contributed by atoms with Gasteiger partial charge in [-0.05, 0) is 88.0 Å². The van der Waals surface area contributed by atoms with Gasteiger partial charge in [0.05, 0.1) is 11.6 Å². The lowest BCUT2D eigenvalue weighted by Crippen LogP contribution is -2.63. The van der Waals surface area contributed by atoms with Crippen molar-refractivity contribution >= 4 is 17.5 Å². The standard InChI is InChI=1S/C32H37N3O7/c1-31(2,3)34-14-15-7-6-8-16(11-15)18-9-10-21(36)23-19(18)12-17-13-20-25(35(4)5)27(38)24(30(33)41)29(40)32(20,42)28(39)22(17)26(23)37/h6-11,17,20,25,34,36,38-39,42H,12-14H2,1-5H3,(H2,33,41)/t17-,20-,25-,32-/m0/s1. The fourth-order valence-electron chi connectivity index (χ4n) is 6.74. The predicted molar refractivity (Wildman–Crippen MR) is 156 cm³/mol. The van der Waals surface area contributed by atoms with Gasteiger partial charge < -0.3 is 31.5 Å². The maximum absolute atomic E-state index is 14.0. The summed E-state index contributed by atoms with van der Waals surface area (Å²) in [6, 6.07) is 10.0. The van der Waals surface area contributed by atoms with Crippen LogP contribution in [0.3, 0.4) is 0 Å². The molecule has 0 bridgehead atoms. The number of allylic oxidation sites excluding steroid dienone is 1. The normalized spacial score (nSPS) is 25.8. The first-order chi connectivity index (χ1) is 19.6. The number of phenolic OH excluding ortho intramolecular Hbond substituents is 1. The lowest BCUT2D eigenvalue weighted by atomic mass is 9.58. The number of nitrogens with two attached hydrogens (primary N) is 1. The van der Waals surface area contributed by atoms with Gasteiger partial charge in [0.25, 0.3) is 5.91 Å². The Morgan fingerprint density at radius 1 is 1.12 bits per heavy atom. The van der Waals surface area contributed by atoms with E-state index in [4.69, 9.17) is 5.73 Å². The smallest absolute Gasteiger partial charge is 0.255 e. The molecule has 222 valence electrons. The number of aromatic hydroxyl groups is 1. The number of fused-ring (bicyclic) bond motifs is 3. The highest BCUT2D eigenvalue weighted by atomic mass is 16.3. The molecule has 0 saturated heterocycles. The van der Waals surface area contributed by atoms with Crippen LogP contribution in [0.15, 0.2) is 59.1 Å². The number of nitrogens with zero attached hydrogens (tertiary/aromatic N) is 1. The average molecular weight is 576 g/mol. The molecule has 0 spiro atoms. The number of aliphatic hydroxyl groups excluding tert-OH is 2. The van der Waals surface area contributed by atoms with Crippen LogP contribution in [0.5, 0.6) is 5.75 Å². The number of phenols is 1. The lowest BCUT2D eigenvalue weighted by Gasteiger charge is -2.50. The quantitative estimate of drug-likeness (QED) is 0.293. The lowest BCUT2D eigenvalue weighted by molar-refractivity contribution is -0.148. The molecule has 0 saturated carbocycles. The van der Waals surface area contributed by atoms with Crippen LogP contribution in [0.25, 0.3) is 11.1 Å². The van der Waals surface area contributed by atoms with Crippen molar-refractivity contribution in [1.29, 1.82) is 0 Å². The van der Waals surface area contributed by atoms with Crippen molar-refractivity contribution in [2.45, 2.75) is 57.3 Å². The molecule has 4 atom stereocenters. The zero-order chi connectivity index (χ0) is 30.9. The fourth-order valence-corrected chi connectivity index (χ4v) is 6.74. The summed E-state index contributed by atoms with van der Waals surface area (Å²) in [5, 5.41) is 48.5. The fraction of sp³-hybridized carbons (Fsp3) is 0.406. The second-order valence-corrected chi connectivity index (χ2v) is 12.8. The number of rotatable bonds is 5. The van der Waals surface area contributed by atoms with Gasteiger partial charge >= 0.3 is 0 Å². The van der Waals surface area contributed by atoms with Crippen LogP contribution in [0.1, 0.15) is 48.7 Å². The van der Waals surface area contributed by atoms with Gasteiger partial charge in [-0.3, -0.25) is 19.3 Å². The minimum absolute atomic E-state index is 0.00787. The van der Waals surface area contributed by atoms with Gasteiger partial charge in [-0.25, -0.2) is 0 Å². The minimum atomic E-state index is -2.66. The summed E-state index contributed by atoms with van der Waals surface area (Å²) in [7, 11) is 3.20. The highest BCUT2D eigenvalue weighted by Gasteiger charge is 2.63. The van der Waals surface area contributed by atoms with Gasteiger partial charge in [0.2, 0.25) is 5.78 Å². The first-order valence-corrected chi connectivity index (χ1v) is 13.9. The maximum Gasteiger partial charge on any atom is 0.255 e. The predicted octanol–water partition coefficient (Wildman–Crippen LogP) is 2.68. The SMILES string of the molecule is CN(C)[C@@H]1C(O)=C(C(N)=O)C(=O)[C@@]2(O)C(O)=C3C(=O)c4c(O)ccc(-c5cccc(CNC(C)(C)C)c5)c4C[C@H]3C[C@@H]12. The third-order valence-corrected chi connectivity index (χ3v) is 8.67. The number of hydrogen-bond acceptors (Lipinski definition) is 9. The second-order valence-electron chi connectivity index (χ2n) is 12.8. The number of aliphatic hydroxyl groups is 3. The zero-order valence-corrected chi connectivity index (χ0v) is 24.4. The van der Waals surface area contributed by atoms with Crippen LogP contribution in [-0.2, 0) is 22.6 Å². The molecule has 42 heavy (non-hydrogen) atoms. The number of likely N-dealkylation sites (N-methyl/N-ethyl adjacent to an activating group) is 1. The molecule has 0 radical (unpaired) electrons. The summed E-state index contributed by atoms with van der Waals surface area (Å²) in [5.74, 6) is -6.67. The average Bonchev–Trinajstić information content (AvgIpc) is 2.89. The summed E-state index contributed by atoms with van der Waals surface area (Å²) < 4.78 is 0. The first kappa shape index (κ1) is 29.5. The van der Waals surface area contributed by atoms with E-state index in [1.165, 1.54) is 11.0 Å². The van der Waals surface area contributed by atoms with Crippen molar-refractivity contribution in [2.75, 3.05) is 14.1 Å². The van der Waals surface area contributed by atoms with E-state index in [0.717, 1.165) is 16.7 Å². The van der Waals surface area contributed by atoms with E-state index in [9.17, 15) is 34.8 Å². The Bertz CT molecular complexity index is 1580. The first-order valence-electron chi connectivity index (χ1n) is 13.9. The van der Waals surface area contributed by atoms with E-state index >= 15 is 0 Å². The Morgan fingerprint density at radius 2 is 1.81 bits per heavy atom. The number of carbonyl (C=O) groups excluding carboxylic acids is 3. The summed E-state index contributed by atoms with van der Waals surface area (Å²) in [6.45, 7) is 6.87. The molecule has 0 unspecified atom stereocenters. The van der Waals surface area contributed by atoms with Gasteiger partial charge in [-0.1, -0.05) is 24.3 Å². The third kappa shape index (κ3) is 4.50. The Hall–Kier alpha value is -3.99. The van der Waals surface area contributed by atoms with Gasteiger partial charge in [-0.2, -0.15) is 0 Å². The molecule has 2 aromatic carbocycles. The Labute approximate surface area is 244 Å². The molecular weight excluding hydrogens is 538 g/mol. The van der Waals surface area contributed by atoms with E-state index in [0.29, 0.717) is 12.1 Å². The number of ketones is 2. The van der Waals surface area contributed by atoms with Crippen molar-refractivity contribution in [2.24, 2.45) is 17.6 Å². The number of amides is 1. The van der Waals surface area contributed by atoms with Crippen molar-refractivity contribution in [3.05, 3.63) is 75.8 Å². The summed E-state index contributed by atoms with van der Waals surface area (Å²) in [4.78, 5) is 41.1. The van der Waals surface area contributed by atoms with Crippen molar-refractivity contribution < 1.29 is 34.8 Å².